The first-order valence-corrected chi connectivity index (χ1v) is 8.62. The van der Waals surface area contributed by atoms with Crippen LogP contribution in [0.5, 0.6) is 0 Å². The Bertz CT molecular complexity index is 332. The number of rotatable bonds is 5. The molecule has 2 fully saturated rings. The zero-order valence-corrected chi connectivity index (χ0v) is 16.5. The molecular formula is C16H33IN4O. The number of nitrogens with one attached hydrogen (secondary N) is 1. The van der Waals surface area contributed by atoms with Crippen LogP contribution >= 0.6 is 24.0 Å². The van der Waals surface area contributed by atoms with Gasteiger partial charge in [-0.05, 0) is 58.2 Å². The third-order valence-corrected chi connectivity index (χ3v) is 4.57. The molecule has 2 aliphatic rings. The molecule has 2 N–H and O–H groups in total. The quantitative estimate of drug-likeness (QED) is 0.306. The fraction of sp³-hybridized carbons (Fsp3) is 0.938. The van der Waals surface area contributed by atoms with Crippen molar-refractivity contribution in [3.8, 4) is 0 Å². The summed E-state index contributed by atoms with van der Waals surface area (Å²) < 4.78 is 0. The van der Waals surface area contributed by atoms with Crippen LogP contribution in [0.4, 0.5) is 0 Å². The molecule has 0 amide bonds. The molecule has 0 aromatic heterocycles. The van der Waals surface area contributed by atoms with Crippen LogP contribution in [0.15, 0.2) is 4.99 Å². The zero-order valence-electron chi connectivity index (χ0n) is 14.1. The number of hydrogen-bond acceptors (Lipinski definition) is 3. The second-order valence-corrected chi connectivity index (χ2v) is 6.50. The summed E-state index contributed by atoms with van der Waals surface area (Å²) >= 11 is 0. The Morgan fingerprint density at radius 3 is 2.55 bits per heavy atom. The lowest BCUT2D eigenvalue weighted by molar-refractivity contribution is 0.187. The molecule has 0 aromatic carbocycles. The smallest absolute Gasteiger partial charge is 0.194 e. The Hall–Kier alpha value is -0.0800. The number of β-amino-alcohol motifs (C(OH)–C–C–N with tert-alkyl or cyclic N) is 1. The maximum absolute atomic E-state index is 9.65. The summed E-state index contributed by atoms with van der Waals surface area (Å²) in [7, 11) is 0. The molecule has 0 saturated carbocycles. The van der Waals surface area contributed by atoms with Gasteiger partial charge in [-0.1, -0.05) is 6.92 Å². The van der Waals surface area contributed by atoms with Crippen molar-refractivity contribution < 1.29 is 5.11 Å². The van der Waals surface area contributed by atoms with Gasteiger partial charge in [0.2, 0.25) is 0 Å². The van der Waals surface area contributed by atoms with E-state index in [4.69, 9.17) is 4.99 Å². The van der Waals surface area contributed by atoms with Crippen molar-refractivity contribution in [1.82, 2.24) is 15.1 Å². The van der Waals surface area contributed by atoms with E-state index in [1.54, 1.807) is 0 Å². The molecule has 22 heavy (non-hydrogen) atoms. The van der Waals surface area contributed by atoms with Crippen LogP contribution in [-0.4, -0.2) is 72.8 Å². The van der Waals surface area contributed by atoms with Gasteiger partial charge in [0.15, 0.2) is 5.96 Å². The molecule has 0 radical (unpaired) electrons. The van der Waals surface area contributed by atoms with Crippen LogP contribution < -0.4 is 5.32 Å². The lowest BCUT2D eigenvalue weighted by Crippen LogP contribution is -2.40. The van der Waals surface area contributed by atoms with Crippen molar-refractivity contribution in [2.45, 2.75) is 45.6 Å². The van der Waals surface area contributed by atoms with Crippen LogP contribution in [0, 0.1) is 5.92 Å². The molecule has 6 heteroatoms. The molecular weight excluding hydrogens is 391 g/mol. The molecule has 2 aliphatic heterocycles. The summed E-state index contributed by atoms with van der Waals surface area (Å²) in [6.07, 6.45) is 4.48. The van der Waals surface area contributed by atoms with Gasteiger partial charge in [-0.2, -0.15) is 0 Å². The van der Waals surface area contributed by atoms with Crippen LogP contribution in [0.2, 0.25) is 0 Å². The lowest BCUT2D eigenvalue weighted by atomic mass is 9.99. The Balaban J connectivity index is 0.00000242. The standard InChI is InChI=1S/C16H32N4O.HI/c1-3-17-16(20-12-7-15(21)13-20)18-8-4-9-19-10-5-14(2)6-11-19;/h14-15,21H,3-13H2,1-2H3,(H,17,18);1H/t15-;/m1./s1. The van der Waals surface area contributed by atoms with E-state index in [0.29, 0.717) is 0 Å². The number of aliphatic hydroxyl groups excluding tert-OH is 1. The van der Waals surface area contributed by atoms with Gasteiger partial charge >= 0.3 is 0 Å². The molecule has 0 bridgehead atoms. The largest absolute Gasteiger partial charge is 0.391 e. The molecule has 5 nitrogen and oxygen atoms in total. The predicted molar refractivity (Wildman–Crippen MR) is 103 cm³/mol. The Morgan fingerprint density at radius 1 is 1.23 bits per heavy atom. The first kappa shape index (κ1) is 20.0. The second kappa shape index (κ2) is 10.6. The number of guanidine groups is 1. The minimum atomic E-state index is -0.191. The highest BCUT2D eigenvalue weighted by atomic mass is 127. The fourth-order valence-electron chi connectivity index (χ4n) is 3.12. The average molecular weight is 424 g/mol. The predicted octanol–water partition coefficient (Wildman–Crippen LogP) is 1.76. The third kappa shape index (κ3) is 6.58. The topological polar surface area (TPSA) is 51.1 Å². The fourth-order valence-corrected chi connectivity index (χ4v) is 3.12. The molecule has 2 rings (SSSR count). The van der Waals surface area contributed by atoms with E-state index in [2.05, 4.69) is 29.0 Å². The number of likely N-dealkylation sites (tertiary alicyclic amines) is 2. The first-order chi connectivity index (χ1) is 10.2. The Kier molecular flexibility index (Phi) is 9.66. The highest BCUT2D eigenvalue weighted by Gasteiger charge is 2.22. The van der Waals surface area contributed by atoms with Crippen molar-refractivity contribution >= 4 is 29.9 Å². The second-order valence-electron chi connectivity index (χ2n) is 6.50. The summed E-state index contributed by atoms with van der Waals surface area (Å²) in [6.45, 7) is 11.5. The van der Waals surface area contributed by atoms with Gasteiger partial charge in [0, 0.05) is 26.2 Å². The van der Waals surface area contributed by atoms with E-state index in [1.807, 2.05) is 0 Å². The van der Waals surface area contributed by atoms with Crippen molar-refractivity contribution in [3.05, 3.63) is 0 Å². The third-order valence-electron chi connectivity index (χ3n) is 4.57. The highest BCUT2D eigenvalue weighted by molar-refractivity contribution is 14.0. The van der Waals surface area contributed by atoms with E-state index in [0.717, 1.165) is 57.4 Å². The summed E-state index contributed by atoms with van der Waals surface area (Å²) in [5.41, 5.74) is 0. The minimum absolute atomic E-state index is 0. The first-order valence-electron chi connectivity index (χ1n) is 8.62. The molecule has 130 valence electrons. The normalized spacial score (nSPS) is 24.4. The number of aliphatic imine (C=N–C) groups is 1. The maximum Gasteiger partial charge on any atom is 0.194 e. The van der Waals surface area contributed by atoms with Gasteiger partial charge in [-0.25, -0.2) is 0 Å². The molecule has 0 spiro atoms. The molecule has 2 saturated heterocycles. The van der Waals surface area contributed by atoms with E-state index < -0.39 is 0 Å². The zero-order chi connectivity index (χ0) is 15.1. The van der Waals surface area contributed by atoms with Gasteiger partial charge in [-0.15, -0.1) is 24.0 Å². The summed E-state index contributed by atoms with van der Waals surface area (Å²) in [5.74, 6) is 1.88. The average Bonchev–Trinajstić information content (AvgIpc) is 2.91. The van der Waals surface area contributed by atoms with Gasteiger partial charge in [0.1, 0.15) is 0 Å². The lowest BCUT2D eigenvalue weighted by Gasteiger charge is -2.30. The van der Waals surface area contributed by atoms with Crippen molar-refractivity contribution in [1.29, 1.82) is 0 Å². The minimum Gasteiger partial charge on any atom is -0.391 e. The summed E-state index contributed by atoms with van der Waals surface area (Å²) in [6, 6.07) is 0. The van der Waals surface area contributed by atoms with Gasteiger partial charge in [0.05, 0.1) is 6.10 Å². The number of hydrogen-bond donors (Lipinski definition) is 2. The molecule has 0 aromatic rings. The van der Waals surface area contributed by atoms with Crippen molar-refractivity contribution in [2.24, 2.45) is 10.9 Å². The number of aliphatic hydroxyl groups is 1. The van der Waals surface area contributed by atoms with E-state index in [-0.39, 0.29) is 30.1 Å². The molecule has 0 aliphatic carbocycles. The van der Waals surface area contributed by atoms with Crippen LogP contribution in [0.25, 0.3) is 0 Å². The van der Waals surface area contributed by atoms with Gasteiger partial charge in [-0.3, -0.25) is 4.99 Å². The highest BCUT2D eigenvalue weighted by Crippen LogP contribution is 2.15. The van der Waals surface area contributed by atoms with Crippen molar-refractivity contribution in [2.75, 3.05) is 45.8 Å². The number of nitrogens with zero attached hydrogens (tertiary/aromatic N) is 3. The van der Waals surface area contributed by atoms with Crippen molar-refractivity contribution in [3.63, 3.8) is 0 Å². The molecule has 1 atom stereocenters. The Morgan fingerprint density at radius 2 is 1.95 bits per heavy atom. The molecule has 2 heterocycles. The number of piperidine rings is 1. The van der Waals surface area contributed by atoms with Crippen LogP contribution in [0.1, 0.15) is 39.5 Å². The Labute approximate surface area is 152 Å². The van der Waals surface area contributed by atoms with E-state index in [9.17, 15) is 5.11 Å². The SMILES string of the molecule is CCNC(=NCCCN1CCC(C)CC1)N1CC[C@@H](O)C1.I. The van der Waals surface area contributed by atoms with E-state index in [1.165, 1.54) is 25.9 Å². The van der Waals surface area contributed by atoms with Gasteiger partial charge < -0.3 is 20.2 Å². The summed E-state index contributed by atoms with van der Waals surface area (Å²) in [5, 5.41) is 13.0. The number of halogens is 1. The monoisotopic (exact) mass is 424 g/mol. The van der Waals surface area contributed by atoms with Gasteiger partial charge in [0.25, 0.3) is 0 Å². The van der Waals surface area contributed by atoms with Crippen LogP contribution in [0.3, 0.4) is 0 Å². The molecule has 0 unspecified atom stereocenters. The summed E-state index contributed by atoms with van der Waals surface area (Å²) in [4.78, 5) is 9.47. The van der Waals surface area contributed by atoms with E-state index >= 15 is 0 Å². The maximum atomic E-state index is 9.65. The van der Waals surface area contributed by atoms with Crippen LogP contribution in [-0.2, 0) is 0 Å².